The molecule has 0 radical (unpaired) electrons. The Morgan fingerprint density at radius 1 is 1.32 bits per heavy atom. The van der Waals surface area contributed by atoms with Crippen LogP contribution in [0.15, 0.2) is 24.5 Å². The summed E-state index contributed by atoms with van der Waals surface area (Å²) in [5.74, 6) is 0.446. The Hall–Kier alpha value is -1.14. The lowest BCUT2D eigenvalue weighted by molar-refractivity contribution is 0.0101. The average Bonchev–Trinajstić information content (AvgIpc) is 2.81. The summed E-state index contributed by atoms with van der Waals surface area (Å²) in [6, 6.07) is 4.84. The highest BCUT2D eigenvalue weighted by molar-refractivity contribution is 6.35. The summed E-state index contributed by atoms with van der Waals surface area (Å²) < 4.78 is 0. The molecule has 3 N–H and O–H groups in total. The van der Waals surface area contributed by atoms with Crippen LogP contribution in [-0.2, 0) is 12.0 Å². The number of aromatic nitrogens is 3. The highest BCUT2D eigenvalue weighted by atomic mass is 35.5. The second kappa shape index (κ2) is 5.88. The molecule has 2 rings (SSSR count). The molecule has 7 heteroatoms. The highest BCUT2D eigenvalue weighted by Crippen LogP contribution is 2.34. The van der Waals surface area contributed by atoms with Gasteiger partial charge in [0.1, 0.15) is 11.9 Å². The summed E-state index contributed by atoms with van der Waals surface area (Å²) in [7, 11) is 0. The maximum atomic E-state index is 10.7. The van der Waals surface area contributed by atoms with Crippen molar-refractivity contribution in [2.24, 2.45) is 0 Å². The summed E-state index contributed by atoms with van der Waals surface area (Å²) in [6.45, 7) is -0.181. The zero-order chi connectivity index (χ0) is 13.9. The van der Waals surface area contributed by atoms with E-state index in [-0.39, 0.29) is 19.4 Å². The quantitative estimate of drug-likeness (QED) is 0.788. The number of benzene rings is 1. The first-order valence-electron chi connectivity index (χ1n) is 5.68. The summed E-state index contributed by atoms with van der Waals surface area (Å²) >= 11 is 12.0. The summed E-state index contributed by atoms with van der Waals surface area (Å²) in [5, 5.41) is 27.2. The number of aromatic amines is 1. The molecule has 0 bridgehead atoms. The van der Waals surface area contributed by atoms with Crippen LogP contribution in [0.3, 0.4) is 0 Å². The molecule has 0 fully saturated rings. The first-order valence-corrected chi connectivity index (χ1v) is 6.44. The predicted molar refractivity (Wildman–Crippen MR) is 72.1 cm³/mol. The molecule has 102 valence electrons. The van der Waals surface area contributed by atoms with Crippen molar-refractivity contribution in [1.82, 2.24) is 15.2 Å². The molecular weight excluding hydrogens is 289 g/mol. The largest absolute Gasteiger partial charge is 0.396 e. The lowest BCUT2D eigenvalue weighted by atomic mass is 9.87. The summed E-state index contributed by atoms with van der Waals surface area (Å²) in [6.07, 6.45) is 1.71. The minimum absolute atomic E-state index is 0.128. The fourth-order valence-electron chi connectivity index (χ4n) is 1.95. The van der Waals surface area contributed by atoms with Gasteiger partial charge in [0.2, 0.25) is 0 Å². The van der Waals surface area contributed by atoms with E-state index in [2.05, 4.69) is 15.2 Å². The van der Waals surface area contributed by atoms with E-state index in [1.165, 1.54) is 6.33 Å². The second-order valence-electron chi connectivity index (χ2n) is 4.22. The first kappa shape index (κ1) is 14.3. The topological polar surface area (TPSA) is 82.0 Å². The molecule has 0 aliphatic rings. The van der Waals surface area contributed by atoms with Gasteiger partial charge in [-0.1, -0.05) is 29.3 Å². The van der Waals surface area contributed by atoms with Crippen LogP contribution in [0.1, 0.15) is 17.8 Å². The number of aliphatic hydroxyl groups is 2. The van der Waals surface area contributed by atoms with Gasteiger partial charge in [0.25, 0.3) is 0 Å². The van der Waals surface area contributed by atoms with Crippen molar-refractivity contribution in [2.45, 2.75) is 18.4 Å². The average molecular weight is 302 g/mol. The number of nitrogens with one attached hydrogen (secondary N) is 1. The predicted octanol–water partition coefficient (Wildman–Crippen LogP) is 1.92. The van der Waals surface area contributed by atoms with Crippen molar-refractivity contribution in [3.63, 3.8) is 0 Å². The third kappa shape index (κ3) is 3.25. The van der Waals surface area contributed by atoms with Gasteiger partial charge in [-0.2, -0.15) is 5.10 Å². The number of aliphatic hydroxyl groups excluding tert-OH is 1. The van der Waals surface area contributed by atoms with Gasteiger partial charge >= 0.3 is 0 Å². The minimum Gasteiger partial charge on any atom is -0.396 e. The smallest absolute Gasteiger partial charge is 0.153 e. The van der Waals surface area contributed by atoms with Gasteiger partial charge in [0.15, 0.2) is 5.82 Å². The summed E-state index contributed by atoms with van der Waals surface area (Å²) in [5.41, 5.74) is -0.837. The molecule has 5 nitrogen and oxygen atoms in total. The van der Waals surface area contributed by atoms with Gasteiger partial charge in [-0.25, -0.2) is 4.98 Å². The van der Waals surface area contributed by atoms with Crippen LogP contribution in [0.25, 0.3) is 0 Å². The van der Waals surface area contributed by atoms with Crippen molar-refractivity contribution < 1.29 is 10.2 Å². The standard InChI is InChI=1S/C12H13Cl2N3O2/c13-8-1-2-9(10(14)5-8)12(19,3-4-18)6-11-15-7-16-17-11/h1-2,5,7,18-19H,3-4,6H2,(H,15,16,17). The van der Waals surface area contributed by atoms with E-state index in [1.54, 1.807) is 18.2 Å². The van der Waals surface area contributed by atoms with Crippen molar-refractivity contribution in [3.05, 3.63) is 46.0 Å². The molecule has 1 aromatic heterocycles. The first-order chi connectivity index (χ1) is 9.05. The van der Waals surface area contributed by atoms with Gasteiger partial charge in [-0.05, 0) is 12.1 Å². The van der Waals surface area contributed by atoms with Crippen LogP contribution in [0, 0.1) is 0 Å². The lowest BCUT2D eigenvalue weighted by Gasteiger charge is -2.28. The monoisotopic (exact) mass is 301 g/mol. The number of rotatable bonds is 5. The molecule has 0 saturated carbocycles. The Bertz CT molecular complexity index is 548. The third-order valence-corrected chi connectivity index (χ3v) is 3.42. The molecule has 2 aromatic rings. The molecule has 0 aliphatic heterocycles. The third-order valence-electron chi connectivity index (χ3n) is 2.87. The number of halogens is 2. The second-order valence-corrected chi connectivity index (χ2v) is 5.07. The molecule has 0 aliphatic carbocycles. The van der Waals surface area contributed by atoms with Gasteiger partial charge in [-0.3, -0.25) is 5.10 Å². The molecule has 1 atom stereocenters. The number of H-pyrrole nitrogens is 1. The SMILES string of the molecule is OCCC(O)(Cc1nc[nH]n1)c1ccc(Cl)cc1Cl. The summed E-state index contributed by atoms with van der Waals surface area (Å²) in [4.78, 5) is 3.98. The van der Waals surface area contributed by atoms with E-state index in [0.717, 1.165) is 0 Å². The van der Waals surface area contributed by atoms with Gasteiger partial charge in [0, 0.05) is 35.1 Å². The van der Waals surface area contributed by atoms with Crippen LogP contribution in [0.2, 0.25) is 10.0 Å². The lowest BCUT2D eigenvalue weighted by Crippen LogP contribution is -2.31. The fourth-order valence-corrected chi connectivity index (χ4v) is 2.54. The molecule has 0 spiro atoms. The number of nitrogens with zero attached hydrogens (tertiary/aromatic N) is 2. The number of hydrogen-bond donors (Lipinski definition) is 3. The molecule has 1 heterocycles. The van der Waals surface area contributed by atoms with Crippen molar-refractivity contribution in [3.8, 4) is 0 Å². The molecule has 0 amide bonds. The van der Waals surface area contributed by atoms with Crippen LogP contribution in [0.4, 0.5) is 0 Å². The highest BCUT2D eigenvalue weighted by Gasteiger charge is 2.32. The van der Waals surface area contributed by atoms with Gasteiger partial charge in [0.05, 0.1) is 0 Å². The molecular formula is C12H13Cl2N3O2. The van der Waals surface area contributed by atoms with Crippen LogP contribution < -0.4 is 0 Å². The van der Waals surface area contributed by atoms with E-state index in [4.69, 9.17) is 28.3 Å². The van der Waals surface area contributed by atoms with E-state index in [1.807, 2.05) is 0 Å². The van der Waals surface area contributed by atoms with Gasteiger partial charge < -0.3 is 10.2 Å². The minimum atomic E-state index is -1.33. The Morgan fingerprint density at radius 2 is 2.11 bits per heavy atom. The van der Waals surface area contributed by atoms with Crippen molar-refractivity contribution in [2.75, 3.05) is 6.61 Å². The maximum absolute atomic E-state index is 10.7. The zero-order valence-electron chi connectivity index (χ0n) is 9.98. The Kier molecular flexibility index (Phi) is 4.42. The van der Waals surface area contributed by atoms with Crippen molar-refractivity contribution >= 4 is 23.2 Å². The molecule has 1 aromatic carbocycles. The van der Waals surface area contributed by atoms with Gasteiger partial charge in [-0.15, -0.1) is 0 Å². The number of hydrogen-bond acceptors (Lipinski definition) is 4. The van der Waals surface area contributed by atoms with Crippen molar-refractivity contribution in [1.29, 1.82) is 0 Å². The fraction of sp³-hybridized carbons (Fsp3) is 0.333. The Labute approximate surface area is 120 Å². The van der Waals surface area contributed by atoms with E-state index < -0.39 is 5.60 Å². The van der Waals surface area contributed by atoms with Crippen LogP contribution in [-0.4, -0.2) is 32.0 Å². The molecule has 1 unspecified atom stereocenters. The molecule has 0 saturated heterocycles. The zero-order valence-corrected chi connectivity index (χ0v) is 11.5. The molecule has 19 heavy (non-hydrogen) atoms. The van der Waals surface area contributed by atoms with Crippen LogP contribution >= 0.6 is 23.2 Å². The van der Waals surface area contributed by atoms with E-state index in [0.29, 0.717) is 21.4 Å². The van der Waals surface area contributed by atoms with E-state index >= 15 is 0 Å². The maximum Gasteiger partial charge on any atom is 0.153 e. The Morgan fingerprint density at radius 3 is 2.68 bits per heavy atom. The van der Waals surface area contributed by atoms with Crippen LogP contribution in [0.5, 0.6) is 0 Å². The normalized spacial score (nSPS) is 14.3. The Balaban J connectivity index is 2.37. The van der Waals surface area contributed by atoms with E-state index in [9.17, 15) is 5.11 Å².